The van der Waals surface area contributed by atoms with Crippen molar-refractivity contribution in [1.29, 1.82) is 0 Å². The van der Waals surface area contributed by atoms with Crippen molar-refractivity contribution in [3.8, 4) is 0 Å². The predicted octanol–water partition coefficient (Wildman–Crippen LogP) is 0.953. The number of H-pyrrole nitrogens is 1. The molecule has 0 atom stereocenters. The number of hydrogen-bond acceptors (Lipinski definition) is 2. The number of aliphatic carboxylic acids is 1. The lowest BCUT2D eigenvalue weighted by atomic mass is 10.0. The zero-order chi connectivity index (χ0) is 12.4. The van der Waals surface area contributed by atoms with Gasteiger partial charge in [-0.1, -0.05) is 11.6 Å². The highest BCUT2D eigenvalue weighted by atomic mass is 16.4. The van der Waals surface area contributed by atoms with Gasteiger partial charge in [0, 0.05) is 30.4 Å². The smallest absolute Gasteiger partial charge is 0.211 e. The summed E-state index contributed by atoms with van der Waals surface area (Å²) < 4.78 is 0. The van der Waals surface area contributed by atoms with Crippen LogP contribution in [0.1, 0.15) is 23.2 Å². The molecule has 0 spiro atoms. The molecule has 1 N–H and O–H groups in total. The van der Waals surface area contributed by atoms with Gasteiger partial charge >= 0.3 is 0 Å². The van der Waals surface area contributed by atoms with Crippen molar-refractivity contribution in [1.82, 2.24) is 0 Å². The maximum atomic E-state index is 10.5. The van der Waals surface area contributed by atoms with Crippen LogP contribution in [0.5, 0.6) is 0 Å². The second-order valence-corrected chi connectivity index (χ2v) is 4.40. The molecule has 1 aromatic carbocycles. The van der Waals surface area contributed by atoms with Gasteiger partial charge in [-0.2, -0.15) is 0 Å². The molecule has 0 aliphatic carbocycles. The van der Waals surface area contributed by atoms with Crippen molar-refractivity contribution >= 4 is 16.9 Å². The van der Waals surface area contributed by atoms with Gasteiger partial charge in [-0.15, -0.1) is 0 Å². The lowest BCUT2D eigenvalue weighted by molar-refractivity contribution is -0.354. The number of pyridine rings is 1. The van der Waals surface area contributed by atoms with E-state index in [0.717, 1.165) is 22.2 Å². The van der Waals surface area contributed by atoms with Gasteiger partial charge in [0.1, 0.15) is 0 Å². The highest BCUT2D eigenvalue weighted by Gasteiger charge is 2.09. The predicted molar refractivity (Wildman–Crippen MR) is 63.3 cm³/mol. The molecular weight excluding hydrogens is 214 g/mol. The van der Waals surface area contributed by atoms with E-state index in [2.05, 4.69) is 11.1 Å². The summed E-state index contributed by atoms with van der Waals surface area (Å²) in [6.45, 7) is 4.00. The SMILES string of the molecule is Cc1ccc2[nH+]c(C)cc(CCC(=O)[O-])c2c1. The first-order chi connectivity index (χ1) is 8.06. The minimum absolute atomic E-state index is 0.0620. The van der Waals surface area contributed by atoms with E-state index in [1.165, 1.54) is 5.56 Å². The highest BCUT2D eigenvalue weighted by Crippen LogP contribution is 2.18. The quantitative estimate of drug-likeness (QED) is 0.787. The van der Waals surface area contributed by atoms with E-state index in [4.69, 9.17) is 0 Å². The van der Waals surface area contributed by atoms with E-state index in [0.29, 0.717) is 6.42 Å². The second-order valence-electron chi connectivity index (χ2n) is 4.40. The molecule has 0 fully saturated rings. The van der Waals surface area contributed by atoms with Crippen molar-refractivity contribution in [3.63, 3.8) is 0 Å². The molecule has 0 unspecified atom stereocenters. The molecule has 0 amide bonds. The summed E-state index contributed by atoms with van der Waals surface area (Å²) in [4.78, 5) is 13.8. The van der Waals surface area contributed by atoms with Crippen LogP contribution in [0.4, 0.5) is 0 Å². The van der Waals surface area contributed by atoms with Crippen molar-refractivity contribution in [3.05, 3.63) is 41.1 Å². The lowest BCUT2D eigenvalue weighted by Crippen LogP contribution is -2.22. The van der Waals surface area contributed by atoms with Crippen LogP contribution < -0.4 is 10.1 Å². The van der Waals surface area contributed by atoms with Crippen LogP contribution in [0, 0.1) is 13.8 Å². The van der Waals surface area contributed by atoms with Gasteiger partial charge in [0.25, 0.3) is 0 Å². The average Bonchev–Trinajstić information content (AvgIpc) is 2.26. The van der Waals surface area contributed by atoms with Crippen LogP contribution in [0.15, 0.2) is 24.3 Å². The summed E-state index contributed by atoms with van der Waals surface area (Å²) in [5.41, 5.74) is 4.31. The minimum Gasteiger partial charge on any atom is -0.550 e. The Morgan fingerprint density at radius 1 is 1.29 bits per heavy atom. The normalized spacial score (nSPS) is 10.7. The first-order valence-electron chi connectivity index (χ1n) is 5.68. The molecule has 0 saturated heterocycles. The number of aromatic amines is 1. The summed E-state index contributed by atoms with van der Waals surface area (Å²) >= 11 is 0. The summed E-state index contributed by atoms with van der Waals surface area (Å²) in [5, 5.41) is 11.6. The van der Waals surface area contributed by atoms with Gasteiger partial charge < -0.3 is 9.90 Å². The average molecular weight is 229 g/mol. The fraction of sp³-hybridized carbons (Fsp3) is 0.286. The molecule has 88 valence electrons. The molecule has 3 nitrogen and oxygen atoms in total. The number of nitrogens with one attached hydrogen (secondary N) is 1. The van der Waals surface area contributed by atoms with Crippen molar-refractivity contribution in [2.24, 2.45) is 0 Å². The monoisotopic (exact) mass is 229 g/mol. The maximum absolute atomic E-state index is 10.5. The summed E-state index contributed by atoms with van der Waals surface area (Å²) in [7, 11) is 0. The maximum Gasteiger partial charge on any atom is 0.211 e. The number of rotatable bonds is 3. The number of aryl methyl sites for hydroxylation is 3. The molecule has 1 aromatic heterocycles. The molecule has 0 saturated carbocycles. The summed E-state index contributed by atoms with van der Waals surface area (Å²) in [6.07, 6.45) is 0.574. The van der Waals surface area contributed by atoms with Gasteiger partial charge in [-0.25, -0.2) is 4.98 Å². The van der Waals surface area contributed by atoms with E-state index >= 15 is 0 Å². The van der Waals surface area contributed by atoms with Gasteiger partial charge in [0.2, 0.25) is 5.52 Å². The van der Waals surface area contributed by atoms with E-state index in [1.807, 2.05) is 32.0 Å². The summed E-state index contributed by atoms with van der Waals surface area (Å²) in [6, 6.07) is 8.15. The molecule has 2 aromatic rings. The summed E-state index contributed by atoms with van der Waals surface area (Å²) in [5.74, 6) is -1.00. The number of benzene rings is 1. The number of hydrogen-bond donors (Lipinski definition) is 0. The van der Waals surface area contributed by atoms with Gasteiger partial charge in [0.05, 0.1) is 0 Å². The molecular formula is C14H15NO2. The Kier molecular flexibility index (Phi) is 3.09. The first-order valence-corrected chi connectivity index (χ1v) is 5.68. The number of carboxylic acids is 1. The number of carboxylic acid groups (broad SMARTS) is 1. The Hall–Kier alpha value is -1.90. The van der Waals surface area contributed by atoms with Gasteiger partial charge in [0.15, 0.2) is 5.69 Å². The van der Waals surface area contributed by atoms with Crippen LogP contribution in [0.2, 0.25) is 0 Å². The molecule has 0 bridgehead atoms. The first kappa shape index (κ1) is 11.6. The van der Waals surface area contributed by atoms with Crippen LogP contribution >= 0.6 is 0 Å². The van der Waals surface area contributed by atoms with Crippen molar-refractivity contribution in [2.75, 3.05) is 0 Å². The number of carbonyl (C=O) groups is 1. The van der Waals surface area contributed by atoms with Gasteiger partial charge in [-0.3, -0.25) is 0 Å². The molecule has 0 aliphatic rings. The van der Waals surface area contributed by atoms with Crippen LogP contribution in [0.25, 0.3) is 10.9 Å². The zero-order valence-electron chi connectivity index (χ0n) is 10.0. The van der Waals surface area contributed by atoms with Crippen LogP contribution in [-0.2, 0) is 11.2 Å². The second kappa shape index (κ2) is 4.53. The number of fused-ring (bicyclic) bond motifs is 1. The Morgan fingerprint density at radius 3 is 2.76 bits per heavy atom. The number of carbonyl (C=O) groups excluding carboxylic acids is 1. The van der Waals surface area contributed by atoms with E-state index in [1.54, 1.807) is 0 Å². The lowest BCUT2D eigenvalue weighted by Gasteiger charge is -2.06. The Morgan fingerprint density at radius 2 is 2.06 bits per heavy atom. The molecule has 17 heavy (non-hydrogen) atoms. The van der Waals surface area contributed by atoms with Gasteiger partial charge in [-0.05, 0) is 31.4 Å². The van der Waals surface area contributed by atoms with E-state index < -0.39 is 5.97 Å². The Balaban J connectivity index is 2.51. The fourth-order valence-corrected chi connectivity index (χ4v) is 2.06. The molecule has 0 aliphatic heterocycles. The van der Waals surface area contributed by atoms with Crippen molar-refractivity contribution < 1.29 is 14.9 Å². The molecule has 1 heterocycles. The third-order valence-corrected chi connectivity index (χ3v) is 2.84. The molecule has 0 radical (unpaired) electrons. The van der Waals surface area contributed by atoms with E-state index in [9.17, 15) is 9.90 Å². The molecule has 2 rings (SSSR count). The minimum atomic E-state index is -1.00. The van der Waals surface area contributed by atoms with E-state index in [-0.39, 0.29) is 6.42 Å². The largest absolute Gasteiger partial charge is 0.550 e. The van der Waals surface area contributed by atoms with Crippen molar-refractivity contribution in [2.45, 2.75) is 26.7 Å². The fourth-order valence-electron chi connectivity index (χ4n) is 2.06. The third-order valence-electron chi connectivity index (χ3n) is 2.84. The van der Waals surface area contributed by atoms with Crippen LogP contribution in [-0.4, -0.2) is 5.97 Å². The Labute approximate surface area is 100 Å². The third kappa shape index (κ3) is 2.61. The zero-order valence-corrected chi connectivity index (χ0v) is 10.0. The van der Waals surface area contributed by atoms with Crippen LogP contribution in [0.3, 0.4) is 0 Å². The topological polar surface area (TPSA) is 54.3 Å². The highest BCUT2D eigenvalue weighted by molar-refractivity contribution is 5.80. The standard InChI is InChI=1S/C14H15NO2/c1-9-3-5-13-12(7-9)11(4-6-14(16)17)8-10(2)15-13/h3,5,7-8H,4,6H2,1-2H3,(H,16,17). The Bertz CT molecular complexity index is 576. The molecule has 3 heteroatoms. The number of aromatic nitrogens is 1.